The topological polar surface area (TPSA) is 90.0 Å². The van der Waals surface area contributed by atoms with Crippen LogP contribution in [-0.4, -0.2) is 62.2 Å². The Morgan fingerprint density at radius 2 is 1.50 bits per heavy atom. The Morgan fingerprint density at radius 3 is 2.12 bits per heavy atom. The molecule has 2 unspecified atom stereocenters. The highest BCUT2D eigenvalue weighted by Gasteiger charge is 2.35. The van der Waals surface area contributed by atoms with E-state index in [1.807, 2.05) is 101 Å². The Morgan fingerprint density at radius 1 is 0.857 bits per heavy atom. The average molecular weight is 593 g/mol. The SMILES string of the molecule is CCC(C)NC(=O)C(Cc1ccccc1)N(Cc1cccc(C)c1)C(=O)CN(c1cc(C)ccc1C)S(=O)(=O)N(C)C. The van der Waals surface area contributed by atoms with Crippen molar-refractivity contribution < 1.29 is 18.0 Å². The third kappa shape index (κ3) is 8.42. The molecule has 0 bridgehead atoms. The number of nitrogens with one attached hydrogen (secondary N) is 1. The average Bonchev–Trinajstić information content (AvgIpc) is 2.95. The van der Waals surface area contributed by atoms with Crippen molar-refractivity contribution in [3.63, 3.8) is 0 Å². The van der Waals surface area contributed by atoms with Crippen LogP contribution in [-0.2, 0) is 32.8 Å². The van der Waals surface area contributed by atoms with Gasteiger partial charge in [-0.3, -0.25) is 9.59 Å². The number of carbonyl (C=O) groups excluding carboxylic acids is 2. The zero-order valence-corrected chi connectivity index (χ0v) is 26.6. The van der Waals surface area contributed by atoms with Crippen molar-refractivity contribution in [2.45, 2.75) is 66.1 Å². The summed E-state index contributed by atoms with van der Waals surface area (Å²) in [5, 5.41) is 3.06. The van der Waals surface area contributed by atoms with E-state index in [0.29, 0.717) is 5.69 Å². The van der Waals surface area contributed by atoms with Gasteiger partial charge in [-0.2, -0.15) is 12.7 Å². The van der Waals surface area contributed by atoms with Gasteiger partial charge in [-0.15, -0.1) is 0 Å². The molecule has 3 aromatic rings. The van der Waals surface area contributed by atoms with Crippen molar-refractivity contribution in [3.8, 4) is 0 Å². The molecule has 0 aliphatic rings. The van der Waals surface area contributed by atoms with E-state index < -0.39 is 28.7 Å². The van der Waals surface area contributed by atoms with Gasteiger partial charge < -0.3 is 10.2 Å². The van der Waals surface area contributed by atoms with E-state index >= 15 is 0 Å². The van der Waals surface area contributed by atoms with Gasteiger partial charge in [0.2, 0.25) is 11.8 Å². The fraction of sp³-hybridized carbons (Fsp3) is 0.394. The molecule has 3 rings (SSSR count). The van der Waals surface area contributed by atoms with E-state index in [1.54, 1.807) is 6.07 Å². The molecule has 0 saturated carbocycles. The van der Waals surface area contributed by atoms with E-state index in [4.69, 9.17) is 0 Å². The maximum atomic E-state index is 14.4. The normalized spacial score (nSPS) is 13.0. The van der Waals surface area contributed by atoms with Gasteiger partial charge in [-0.05, 0) is 62.4 Å². The molecule has 0 heterocycles. The zero-order chi connectivity index (χ0) is 31.0. The lowest BCUT2D eigenvalue weighted by Crippen LogP contribution is -2.55. The first-order valence-electron chi connectivity index (χ1n) is 14.3. The largest absolute Gasteiger partial charge is 0.352 e. The molecule has 0 fully saturated rings. The number of nitrogens with zero attached hydrogens (tertiary/aromatic N) is 3. The molecular weight excluding hydrogens is 548 g/mol. The summed E-state index contributed by atoms with van der Waals surface area (Å²) in [5.41, 5.74) is 4.79. The third-order valence-electron chi connectivity index (χ3n) is 7.36. The zero-order valence-electron chi connectivity index (χ0n) is 25.8. The van der Waals surface area contributed by atoms with Crippen LogP contribution in [0.3, 0.4) is 0 Å². The maximum Gasteiger partial charge on any atom is 0.304 e. The number of amides is 2. The lowest BCUT2D eigenvalue weighted by molar-refractivity contribution is -0.140. The van der Waals surface area contributed by atoms with Gasteiger partial charge in [-0.25, -0.2) is 4.31 Å². The van der Waals surface area contributed by atoms with Crippen molar-refractivity contribution in [1.29, 1.82) is 0 Å². The molecular formula is C33H44N4O4S. The fourth-order valence-corrected chi connectivity index (χ4v) is 5.81. The highest BCUT2D eigenvalue weighted by Crippen LogP contribution is 2.26. The smallest absolute Gasteiger partial charge is 0.304 e. The van der Waals surface area contributed by atoms with Crippen molar-refractivity contribution in [2.24, 2.45) is 0 Å². The first-order chi connectivity index (χ1) is 19.8. The molecule has 2 atom stereocenters. The fourth-order valence-electron chi connectivity index (χ4n) is 4.69. The van der Waals surface area contributed by atoms with E-state index in [2.05, 4.69) is 5.32 Å². The summed E-state index contributed by atoms with van der Waals surface area (Å²) in [6.45, 7) is 9.27. The molecule has 226 valence electrons. The van der Waals surface area contributed by atoms with Crippen LogP contribution in [0, 0.1) is 20.8 Å². The molecule has 0 spiro atoms. The second kappa shape index (κ2) is 14.5. The molecule has 1 N–H and O–H groups in total. The van der Waals surface area contributed by atoms with Crippen molar-refractivity contribution in [2.75, 3.05) is 24.9 Å². The second-order valence-electron chi connectivity index (χ2n) is 11.1. The molecule has 8 nitrogen and oxygen atoms in total. The number of carbonyl (C=O) groups is 2. The molecule has 0 aliphatic carbocycles. The summed E-state index contributed by atoms with van der Waals surface area (Å²) in [6, 6.07) is 21.9. The van der Waals surface area contributed by atoms with Gasteiger partial charge in [0.15, 0.2) is 0 Å². The van der Waals surface area contributed by atoms with Crippen molar-refractivity contribution >= 4 is 27.7 Å². The van der Waals surface area contributed by atoms with Gasteiger partial charge in [0, 0.05) is 33.1 Å². The van der Waals surface area contributed by atoms with Gasteiger partial charge in [0.1, 0.15) is 12.6 Å². The monoisotopic (exact) mass is 592 g/mol. The minimum absolute atomic E-state index is 0.0905. The highest BCUT2D eigenvalue weighted by atomic mass is 32.2. The minimum atomic E-state index is -4.05. The molecule has 0 aromatic heterocycles. The van der Waals surface area contributed by atoms with E-state index in [-0.39, 0.29) is 24.9 Å². The molecule has 3 aromatic carbocycles. The van der Waals surface area contributed by atoms with Crippen LogP contribution < -0.4 is 9.62 Å². The summed E-state index contributed by atoms with van der Waals surface area (Å²) in [5.74, 6) is -0.744. The van der Waals surface area contributed by atoms with E-state index in [0.717, 1.165) is 42.8 Å². The number of benzene rings is 3. The van der Waals surface area contributed by atoms with Crippen LogP contribution in [0.2, 0.25) is 0 Å². The van der Waals surface area contributed by atoms with E-state index in [9.17, 15) is 18.0 Å². The van der Waals surface area contributed by atoms with Crippen LogP contribution in [0.1, 0.15) is 48.1 Å². The Kier molecular flexibility index (Phi) is 11.3. The molecule has 9 heteroatoms. The van der Waals surface area contributed by atoms with Crippen LogP contribution in [0.25, 0.3) is 0 Å². The number of aryl methyl sites for hydroxylation is 3. The highest BCUT2D eigenvalue weighted by molar-refractivity contribution is 7.90. The summed E-state index contributed by atoms with van der Waals surface area (Å²) in [4.78, 5) is 29.8. The Hall–Kier alpha value is -3.69. The number of hydrogen-bond donors (Lipinski definition) is 1. The van der Waals surface area contributed by atoms with Crippen LogP contribution in [0.15, 0.2) is 72.8 Å². The minimum Gasteiger partial charge on any atom is -0.352 e. The number of hydrogen-bond acceptors (Lipinski definition) is 4. The number of rotatable bonds is 13. The molecule has 42 heavy (non-hydrogen) atoms. The van der Waals surface area contributed by atoms with Crippen LogP contribution in [0.4, 0.5) is 5.69 Å². The molecule has 2 amide bonds. The predicted molar refractivity (Wildman–Crippen MR) is 169 cm³/mol. The van der Waals surface area contributed by atoms with Crippen LogP contribution >= 0.6 is 0 Å². The summed E-state index contributed by atoms with van der Waals surface area (Å²) in [7, 11) is -1.16. The lowest BCUT2D eigenvalue weighted by Gasteiger charge is -2.35. The Bertz CT molecular complexity index is 1470. The molecule has 0 radical (unpaired) electrons. The Balaban J connectivity index is 2.13. The number of anilines is 1. The predicted octanol–water partition coefficient (Wildman–Crippen LogP) is 4.78. The van der Waals surface area contributed by atoms with Gasteiger partial charge >= 0.3 is 10.2 Å². The van der Waals surface area contributed by atoms with E-state index in [1.165, 1.54) is 19.0 Å². The lowest BCUT2D eigenvalue weighted by atomic mass is 10.0. The third-order valence-corrected chi connectivity index (χ3v) is 9.17. The van der Waals surface area contributed by atoms with Crippen LogP contribution in [0.5, 0.6) is 0 Å². The summed E-state index contributed by atoms with van der Waals surface area (Å²) >= 11 is 0. The maximum absolute atomic E-state index is 14.4. The summed E-state index contributed by atoms with van der Waals surface area (Å²) in [6.07, 6.45) is 1.02. The van der Waals surface area contributed by atoms with Gasteiger partial charge in [-0.1, -0.05) is 79.2 Å². The first-order valence-corrected chi connectivity index (χ1v) is 15.7. The first kappa shape index (κ1) is 32.8. The quantitative estimate of drug-likeness (QED) is 0.309. The second-order valence-corrected chi connectivity index (χ2v) is 13.2. The standard InChI is InChI=1S/C33H44N4O4S/c1-8-27(5)34-33(39)31(21-28-14-10-9-11-15-28)36(22-29-16-12-13-24(2)19-29)32(38)23-37(42(40,41)35(6)7)30-20-25(3)17-18-26(30)4/h9-20,27,31H,8,21-23H2,1-7H3,(H,34,39). The molecule has 0 saturated heterocycles. The summed E-state index contributed by atoms with van der Waals surface area (Å²) < 4.78 is 29.5. The Labute approximate surface area is 251 Å². The molecule has 0 aliphatic heterocycles. The van der Waals surface area contributed by atoms with Gasteiger partial charge in [0.25, 0.3) is 0 Å². The van der Waals surface area contributed by atoms with Crippen molar-refractivity contribution in [3.05, 3.63) is 101 Å². The van der Waals surface area contributed by atoms with Gasteiger partial charge in [0.05, 0.1) is 5.69 Å². The van der Waals surface area contributed by atoms with Crippen molar-refractivity contribution in [1.82, 2.24) is 14.5 Å².